The molecule has 8 nitrogen and oxygen atoms in total. The maximum absolute atomic E-state index is 6.49. The Hall–Kier alpha value is -11.2. The van der Waals surface area contributed by atoms with Gasteiger partial charge in [0.05, 0.1) is 61.0 Å². The van der Waals surface area contributed by atoms with Crippen molar-refractivity contribution in [3.8, 4) is 44.8 Å². The summed E-state index contributed by atoms with van der Waals surface area (Å²) >= 11 is 7.36. The molecule has 6 aromatic heterocycles. The van der Waals surface area contributed by atoms with Crippen molar-refractivity contribution >= 4 is 179 Å². The predicted molar refractivity (Wildman–Crippen MR) is 480 cm³/mol. The van der Waals surface area contributed by atoms with Crippen LogP contribution in [0.4, 0.5) is 0 Å². The second-order valence-corrected chi connectivity index (χ2v) is 34.3. The summed E-state index contributed by atoms with van der Waals surface area (Å²) in [5.74, 6) is 0. The van der Waals surface area contributed by atoms with Crippen molar-refractivity contribution in [3.05, 3.63) is 306 Å². The van der Waals surface area contributed by atoms with E-state index in [9.17, 15) is 0 Å². The fourth-order valence-corrected chi connectivity index (χ4v) is 20.4. The van der Waals surface area contributed by atoms with Crippen LogP contribution in [0.1, 0.15) is 95.1 Å². The minimum absolute atomic E-state index is 0. The molecule has 540 valence electrons. The van der Waals surface area contributed by atoms with Crippen LogP contribution in [-0.4, -0.2) is 47.4 Å². The highest BCUT2D eigenvalue weighted by molar-refractivity contribution is 9.10. The fourth-order valence-electron chi connectivity index (χ4n) is 17.8. The van der Waals surface area contributed by atoms with Crippen molar-refractivity contribution in [1.29, 1.82) is 0 Å². The van der Waals surface area contributed by atoms with E-state index in [1.165, 1.54) is 161 Å². The average Bonchev–Trinajstić information content (AvgIpc) is 1.55. The molecule has 0 bridgehead atoms. The lowest BCUT2D eigenvalue weighted by atomic mass is 9.77. The van der Waals surface area contributed by atoms with Crippen LogP contribution in [0.2, 0.25) is 0 Å². The van der Waals surface area contributed by atoms with E-state index in [2.05, 4.69) is 350 Å². The van der Waals surface area contributed by atoms with E-state index in [-0.39, 0.29) is 28.2 Å². The summed E-state index contributed by atoms with van der Waals surface area (Å²) in [5, 5.41) is 15.1. The Morgan fingerprint density at radius 3 is 1.33 bits per heavy atom. The Labute approximate surface area is 658 Å². The Bertz CT molecular complexity index is 7290. The molecule has 3 aliphatic rings. The molecule has 12 heteroatoms. The molecule has 0 radical (unpaired) electrons. The molecule has 0 unspecified atom stereocenters. The fraction of sp³-hybridized carbons (Fsp3) is 0.134. The van der Waals surface area contributed by atoms with Gasteiger partial charge >= 0.3 is 7.12 Å². The largest absolute Gasteiger partial charge is 0.496 e. The Kier molecular flexibility index (Phi) is 15.2. The Morgan fingerprint density at radius 1 is 0.339 bits per heavy atom. The number of para-hydroxylation sites is 4. The number of halogens is 1. The number of fused-ring (bicyclic) bond motifs is 24. The molecule has 0 amide bonds. The lowest BCUT2D eigenvalue weighted by molar-refractivity contribution is 0.00578. The van der Waals surface area contributed by atoms with E-state index in [1.54, 1.807) is 24.8 Å². The first-order chi connectivity index (χ1) is 52.4. The zero-order valence-corrected chi connectivity index (χ0v) is 64.0. The highest BCUT2D eigenvalue weighted by Crippen LogP contribution is 2.54. The van der Waals surface area contributed by atoms with Gasteiger partial charge in [0.2, 0.25) is 0 Å². The quantitative estimate of drug-likeness (QED) is 0.129. The third-order valence-electron chi connectivity index (χ3n) is 23.9. The van der Waals surface area contributed by atoms with Crippen molar-refractivity contribution < 1.29 is 19.3 Å². The van der Waals surface area contributed by atoms with Gasteiger partial charge in [0, 0.05) is 139 Å². The standard InChI is InChI=1S/C45H29N3S.C30H26BNO2S.C21H15BrN2.CH4.7H2/c1-45(2)36-17-15-26(21-32(36)33-22-27-16-18-38-44(47-20-19-46-38)31(27)23-37(33)45)28-9-3-6-12-39(28)48-40-13-7-4-10-29(40)34-25-43-35(24-41(34)48)30-11-5-8-14-42(30)49-43;1-29(2)30(3,4)34-31(33-29)23-13-7-9-15-25(23)32-24-14-8-5-11-19(24)21-18-28-22(17-26(21)32)20-12-6-10-16-27(20)35-28;1-21(2)17-5-4-13(22)10-16(17)15-9-12-3-6-19-20(24-8-7-23-19)14(12)11-18(15)21;;;;;;;;/h3-25H,1-2H3;5-18H,1-4H3;3-11H,1-2H3;1H4;7*1H. The van der Waals surface area contributed by atoms with Crippen LogP contribution in [0.5, 0.6) is 0 Å². The SMILES string of the molecule is C.CC1(C)OB(c2ccccc2-n2c3ccccc3c3cc4sc5ccccc5c4cc32)OC1(C)C.CC1(C)c2ccc(-c3ccccc3-n3c4ccccc4c4cc5sc6ccccc6c5cc43)cc2-c2cc3ccc4nccnc4c3cc21.CC1(C)c2ccc(Br)cc2-c2cc3ccc4nccnc4c3cc21.[HH].[HH].[HH].[HH].[HH].[HH].[HH]. The number of thiophene rings is 2. The van der Waals surface area contributed by atoms with E-state index in [0.29, 0.717) is 0 Å². The molecule has 1 saturated heterocycles. The lowest BCUT2D eigenvalue weighted by Gasteiger charge is -2.32. The molecule has 14 aromatic carbocycles. The van der Waals surface area contributed by atoms with Crippen LogP contribution in [0.25, 0.3) is 172 Å². The first kappa shape index (κ1) is 67.2. The van der Waals surface area contributed by atoms with E-state index in [4.69, 9.17) is 14.3 Å². The zero-order valence-electron chi connectivity index (χ0n) is 60.8. The average molecular weight is 1520 g/mol. The van der Waals surface area contributed by atoms with Gasteiger partial charge < -0.3 is 18.4 Å². The van der Waals surface area contributed by atoms with Crippen LogP contribution >= 0.6 is 38.6 Å². The smallest absolute Gasteiger partial charge is 0.399 e. The second kappa shape index (κ2) is 24.7. The summed E-state index contributed by atoms with van der Waals surface area (Å²) in [6, 6.07) is 93.5. The third kappa shape index (κ3) is 10.2. The van der Waals surface area contributed by atoms with Gasteiger partial charge in [0.15, 0.2) is 0 Å². The molecule has 0 spiro atoms. The summed E-state index contributed by atoms with van der Waals surface area (Å²) in [6.07, 6.45) is 7.08. The minimum Gasteiger partial charge on any atom is -0.399 e. The van der Waals surface area contributed by atoms with Gasteiger partial charge in [-0.25, -0.2) is 0 Å². The molecular weight excluding hydrogens is 1440 g/mol. The van der Waals surface area contributed by atoms with Crippen LogP contribution in [0, 0.1) is 0 Å². The Morgan fingerprint density at radius 2 is 0.780 bits per heavy atom. The van der Waals surface area contributed by atoms with E-state index < -0.39 is 18.3 Å². The van der Waals surface area contributed by atoms with Gasteiger partial charge in [-0.15, -0.1) is 22.7 Å². The summed E-state index contributed by atoms with van der Waals surface area (Å²) in [5.41, 5.74) is 24.2. The van der Waals surface area contributed by atoms with Gasteiger partial charge in [-0.05, 0) is 204 Å². The van der Waals surface area contributed by atoms with E-state index in [1.807, 2.05) is 22.7 Å². The normalized spacial score (nSPS) is 15.0. The number of hydrogen-bond acceptors (Lipinski definition) is 8. The number of nitrogens with zero attached hydrogens (tertiary/aromatic N) is 6. The molecule has 109 heavy (non-hydrogen) atoms. The van der Waals surface area contributed by atoms with E-state index >= 15 is 0 Å². The van der Waals surface area contributed by atoms with Crippen molar-refractivity contribution in [2.24, 2.45) is 0 Å². The number of hydrogen-bond donors (Lipinski definition) is 0. The molecule has 1 fully saturated rings. The molecular formula is C97H88BBrN6O2S2. The van der Waals surface area contributed by atoms with Crippen LogP contribution in [-0.2, 0) is 20.1 Å². The molecule has 0 N–H and O–H groups in total. The van der Waals surface area contributed by atoms with Crippen LogP contribution in [0.15, 0.2) is 284 Å². The predicted octanol–water partition coefficient (Wildman–Crippen LogP) is 27.9. The molecule has 2 aliphatic carbocycles. The van der Waals surface area contributed by atoms with Crippen molar-refractivity contribution in [1.82, 2.24) is 29.1 Å². The summed E-state index contributed by atoms with van der Waals surface area (Å²) in [7, 11) is -0.432. The molecule has 0 saturated carbocycles. The first-order valence-corrected chi connectivity index (χ1v) is 39.4. The molecule has 0 atom stereocenters. The summed E-state index contributed by atoms with van der Waals surface area (Å²) in [6.45, 7) is 17.7. The van der Waals surface area contributed by atoms with Crippen LogP contribution < -0.4 is 5.46 Å². The van der Waals surface area contributed by atoms with Gasteiger partial charge in [-0.2, -0.15) is 0 Å². The minimum atomic E-state index is -0.432. The highest BCUT2D eigenvalue weighted by Gasteiger charge is 2.52. The van der Waals surface area contributed by atoms with Gasteiger partial charge in [-0.3, -0.25) is 19.9 Å². The van der Waals surface area contributed by atoms with Crippen molar-refractivity contribution in [2.45, 2.75) is 84.8 Å². The highest BCUT2D eigenvalue weighted by atomic mass is 79.9. The van der Waals surface area contributed by atoms with Crippen molar-refractivity contribution in [2.75, 3.05) is 0 Å². The van der Waals surface area contributed by atoms with Gasteiger partial charge in [0.25, 0.3) is 0 Å². The van der Waals surface area contributed by atoms with Crippen molar-refractivity contribution in [3.63, 3.8) is 0 Å². The number of rotatable bonds is 4. The summed E-state index contributed by atoms with van der Waals surface area (Å²) in [4.78, 5) is 18.3. The Balaban J connectivity index is 0.000000155. The van der Waals surface area contributed by atoms with Gasteiger partial charge in [-0.1, -0.05) is 191 Å². The molecule has 23 rings (SSSR count). The lowest BCUT2D eigenvalue weighted by Crippen LogP contribution is -2.41. The first-order valence-electron chi connectivity index (χ1n) is 37.0. The maximum Gasteiger partial charge on any atom is 0.496 e. The second-order valence-electron chi connectivity index (χ2n) is 31.2. The number of benzene rings is 14. The van der Waals surface area contributed by atoms with Crippen LogP contribution in [0.3, 0.4) is 0 Å². The molecule has 7 heterocycles. The zero-order chi connectivity index (χ0) is 72.9. The molecule has 1 aliphatic heterocycles. The number of aromatic nitrogens is 6. The molecule has 20 aromatic rings. The third-order valence-corrected chi connectivity index (χ3v) is 26.7. The maximum atomic E-state index is 6.49. The monoisotopic (exact) mass is 1520 g/mol. The van der Waals surface area contributed by atoms with E-state index in [0.717, 1.165) is 43.1 Å². The van der Waals surface area contributed by atoms with Gasteiger partial charge in [0.1, 0.15) is 0 Å². The summed E-state index contributed by atoms with van der Waals surface area (Å²) < 4.78 is 24.3. The topological polar surface area (TPSA) is 79.9 Å².